The predicted octanol–water partition coefficient (Wildman–Crippen LogP) is 11.4. The monoisotopic (exact) mass is 568 g/mol. The van der Waals surface area contributed by atoms with Crippen LogP contribution in [0.15, 0.2) is 48.5 Å². The molecule has 0 aliphatic carbocycles. The minimum atomic E-state index is -0.125. The van der Waals surface area contributed by atoms with Gasteiger partial charge in [0.1, 0.15) is 11.5 Å². The maximum absolute atomic E-state index is 7.62. The van der Waals surface area contributed by atoms with Crippen molar-refractivity contribution in [3.63, 3.8) is 0 Å². The number of aliphatic hydroxyl groups excluding tert-OH is 2. The third-order valence-corrected chi connectivity index (χ3v) is 7.86. The van der Waals surface area contributed by atoms with Crippen molar-refractivity contribution in [3.8, 4) is 11.5 Å². The average molecular weight is 569 g/mol. The van der Waals surface area contributed by atoms with Crippen LogP contribution in [0.3, 0.4) is 0 Å². The molecule has 2 rings (SSSR count). The first-order valence-corrected chi connectivity index (χ1v) is 17.3. The summed E-state index contributed by atoms with van der Waals surface area (Å²) >= 11 is 0. The Balaban J connectivity index is 0.00000196. The van der Waals surface area contributed by atoms with Gasteiger partial charge < -0.3 is 14.9 Å². The highest BCUT2D eigenvalue weighted by Crippen LogP contribution is 2.30. The summed E-state index contributed by atoms with van der Waals surface area (Å²) in [6.07, 6.45) is 29.9. The summed E-state index contributed by atoms with van der Waals surface area (Å²) in [5.74, 6) is 2.10. The first-order valence-electron chi connectivity index (χ1n) is 17.3. The van der Waals surface area contributed by atoms with Crippen LogP contribution >= 0.6 is 0 Å². The molecule has 41 heavy (non-hydrogen) atoms. The molecule has 2 aromatic rings. The second kappa shape index (κ2) is 28.3. The van der Waals surface area contributed by atoms with E-state index >= 15 is 0 Å². The Bertz CT molecular complexity index is 751. The van der Waals surface area contributed by atoms with Crippen molar-refractivity contribution in [2.75, 3.05) is 13.2 Å². The van der Waals surface area contributed by atoms with Crippen molar-refractivity contribution in [1.82, 2.24) is 0 Å². The molecule has 0 bridgehead atoms. The fraction of sp³-hybridized carbons (Fsp3) is 0.684. The lowest BCUT2D eigenvalue weighted by atomic mass is 10.0. The summed E-state index contributed by atoms with van der Waals surface area (Å²) in [4.78, 5) is 0. The van der Waals surface area contributed by atoms with Crippen LogP contribution in [0.5, 0.6) is 11.5 Å². The van der Waals surface area contributed by atoms with Gasteiger partial charge >= 0.3 is 0 Å². The van der Waals surface area contributed by atoms with Gasteiger partial charge in [0.05, 0.1) is 13.2 Å². The van der Waals surface area contributed by atoms with Crippen LogP contribution in [0.2, 0.25) is 0 Å². The number of aryl methyl sites for hydroxylation is 2. The third kappa shape index (κ3) is 20.6. The van der Waals surface area contributed by atoms with Gasteiger partial charge in [0.25, 0.3) is 0 Å². The van der Waals surface area contributed by atoms with Crippen LogP contribution in [0.1, 0.15) is 153 Å². The molecule has 234 valence electrons. The van der Waals surface area contributed by atoms with Crippen molar-refractivity contribution in [2.45, 2.75) is 155 Å². The highest BCUT2D eigenvalue weighted by atomic mass is 16.5. The van der Waals surface area contributed by atoms with Gasteiger partial charge in [-0.2, -0.15) is 0 Å². The quantitative estimate of drug-likeness (QED) is 0.117. The van der Waals surface area contributed by atoms with Crippen molar-refractivity contribution in [2.24, 2.45) is 0 Å². The van der Waals surface area contributed by atoms with Crippen molar-refractivity contribution >= 4 is 0 Å². The molecule has 0 saturated heterocycles. The molecule has 0 aliphatic heterocycles. The molecule has 0 saturated carbocycles. The topological polar surface area (TPSA) is 49.7 Å². The van der Waals surface area contributed by atoms with E-state index in [1.54, 1.807) is 0 Å². The zero-order valence-corrected chi connectivity index (χ0v) is 26.9. The van der Waals surface area contributed by atoms with E-state index in [2.05, 4.69) is 62.4 Å². The van der Waals surface area contributed by atoms with E-state index in [1.165, 1.54) is 140 Å². The first-order chi connectivity index (χ1) is 20.3. The molecule has 0 fully saturated rings. The molecule has 2 N–H and O–H groups in total. The predicted molar refractivity (Wildman–Crippen MR) is 178 cm³/mol. The maximum Gasteiger partial charge on any atom is 0.130 e. The van der Waals surface area contributed by atoms with Gasteiger partial charge in [0.2, 0.25) is 0 Å². The number of para-hydroxylation sites is 2. The van der Waals surface area contributed by atoms with Gasteiger partial charge in [0, 0.05) is 0 Å². The van der Waals surface area contributed by atoms with E-state index in [-0.39, 0.29) is 13.2 Å². The van der Waals surface area contributed by atoms with Crippen LogP contribution in [0.4, 0.5) is 0 Å². The summed E-state index contributed by atoms with van der Waals surface area (Å²) in [6.45, 7) is 4.34. The molecular formula is C38H64O3. The Morgan fingerprint density at radius 3 is 1.02 bits per heavy atom. The molecule has 0 spiro atoms. The summed E-state index contributed by atoms with van der Waals surface area (Å²) < 4.78 is 6.53. The van der Waals surface area contributed by atoms with E-state index in [0.29, 0.717) is 0 Å². The SMILES string of the molecule is CCCCCCCCCCCCc1ccccc1Oc1ccccc1CCCCCCCCCCCC.OCCO. The molecule has 0 aliphatic rings. The molecule has 0 radical (unpaired) electrons. The largest absolute Gasteiger partial charge is 0.457 e. The van der Waals surface area contributed by atoms with Crippen LogP contribution in [-0.4, -0.2) is 23.4 Å². The lowest BCUT2D eigenvalue weighted by molar-refractivity contribution is 0.186. The fourth-order valence-electron chi connectivity index (χ4n) is 5.34. The summed E-state index contributed by atoms with van der Waals surface area (Å²) in [5.41, 5.74) is 2.71. The van der Waals surface area contributed by atoms with Gasteiger partial charge in [-0.1, -0.05) is 166 Å². The van der Waals surface area contributed by atoms with E-state index in [0.717, 1.165) is 24.3 Å². The maximum atomic E-state index is 7.62. The highest BCUT2D eigenvalue weighted by Gasteiger charge is 2.08. The van der Waals surface area contributed by atoms with Crippen LogP contribution in [-0.2, 0) is 12.8 Å². The average Bonchev–Trinajstić information content (AvgIpc) is 3.00. The number of ether oxygens (including phenoxy) is 1. The minimum Gasteiger partial charge on any atom is -0.457 e. The molecule has 3 heteroatoms. The van der Waals surface area contributed by atoms with Gasteiger partial charge in [0.15, 0.2) is 0 Å². The van der Waals surface area contributed by atoms with E-state index in [9.17, 15) is 0 Å². The minimum absolute atomic E-state index is 0.125. The van der Waals surface area contributed by atoms with Crippen molar-refractivity contribution in [1.29, 1.82) is 0 Å². The van der Waals surface area contributed by atoms with Crippen LogP contribution < -0.4 is 4.74 Å². The summed E-state index contributed by atoms with van der Waals surface area (Å²) in [7, 11) is 0. The van der Waals surface area contributed by atoms with Crippen molar-refractivity contribution < 1.29 is 14.9 Å². The van der Waals surface area contributed by atoms with Crippen LogP contribution in [0.25, 0.3) is 0 Å². The van der Waals surface area contributed by atoms with E-state index < -0.39 is 0 Å². The van der Waals surface area contributed by atoms with Crippen LogP contribution in [0, 0.1) is 0 Å². The standard InChI is InChI=1S/C36H58O.C2H6O2/c1-3-5-7-9-11-13-15-17-19-21-27-33-29-23-25-31-35(33)37-36-32-26-24-30-34(36)28-22-20-18-16-14-12-10-8-6-4-2;3-1-2-4/h23-26,29-32H,3-22,27-28H2,1-2H3;3-4H,1-2H2. The second-order valence-electron chi connectivity index (χ2n) is 11.6. The Kier molecular flexibility index (Phi) is 25.7. The van der Waals surface area contributed by atoms with Gasteiger partial charge in [-0.05, 0) is 48.9 Å². The Labute approximate surface area is 254 Å². The Morgan fingerprint density at radius 2 is 0.707 bits per heavy atom. The number of unbranched alkanes of at least 4 members (excludes halogenated alkanes) is 18. The zero-order valence-electron chi connectivity index (χ0n) is 26.9. The smallest absolute Gasteiger partial charge is 0.130 e. The highest BCUT2D eigenvalue weighted by molar-refractivity contribution is 5.41. The fourth-order valence-corrected chi connectivity index (χ4v) is 5.34. The van der Waals surface area contributed by atoms with Gasteiger partial charge in [-0.3, -0.25) is 0 Å². The lowest BCUT2D eigenvalue weighted by Crippen LogP contribution is -1.96. The van der Waals surface area contributed by atoms with Gasteiger partial charge in [-0.25, -0.2) is 0 Å². The Hall–Kier alpha value is -1.84. The van der Waals surface area contributed by atoms with Gasteiger partial charge in [-0.15, -0.1) is 0 Å². The first kappa shape index (κ1) is 37.2. The number of rotatable bonds is 25. The van der Waals surface area contributed by atoms with E-state index in [1.807, 2.05) is 0 Å². The number of aliphatic hydroxyl groups is 2. The molecule has 0 amide bonds. The second-order valence-corrected chi connectivity index (χ2v) is 11.6. The number of hydrogen-bond acceptors (Lipinski definition) is 3. The summed E-state index contributed by atoms with van der Waals surface area (Å²) in [5, 5.41) is 15.2. The van der Waals surface area contributed by atoms with E-state index in [4.69, 9.17) is 14.9 Å². The Morgan fingerprint density at radius 1 is 0.415 bits per heavy atom. The molecule has 0 heterocycles. The molecular weight excluding hydrogens is 504 g/mol. The van der Waals surface area contributed by atoms with Crippen molar-refractivity contribution in [3.05, 3.63) is 59.7 Å². The lowest BCUT2D eigenvalue weighted by Gasteiger charge is -2.14. The molecule has 0 unspecified atom stereocenters. The zero-order chi connectivity index (χ0) is 29.6. The number of benzene rings is 2. The third-order valence-electron chi connectivity index (χ3n) is 7.86. The molecule has 3 nitrogen and oxygen atoms in total. The molecule has 0 aromatic heterocycles. The number of hydrogen-bond donors (Lipinski definition) is 2. The molecule has 2 aromatic carbocycles. The normalized spacial score (nSPS) is 10.8. The molecule has 0 atom stereocenters. The summed E-state index contributed by atoms with van der Waals surface area (Å²) in [6, 6.07) is 17.4.